The first kappa shape index (κ1) is 18.9. The highest BCUT2D eigenvalue weighted by Crippen LogP contribution is 2.35. The van der Waals surface area contributed by atoms with Crippen LogP contribution in [-0.2, 0) is 11.2 Å². The second-order valence-corrected chi connectivity index (χ2v) is 4.49. The Bertz CT molecular complexity index is 740. The van der Waals surface area contributed by atoms with Gasteiger partial charge in [-0.1, -0.05) is 6.92 Å². The molecule has 0 bridgehead atoms. The van der Waals surface area contributed by atoms with E-state index in [0.717, 1.165) is 12.1 Å². The van der Waals surface area contributed by atoms with Gasteiger partial charge in [0.2, 0.25) is 11.2 Å². The van der Waals surface area contributed by atoms with Gasteiger partial charge in [0.15, 0.2) is 17.2 Å². The van der Waals surface area contributed by atoms with E-state index in [1.165, 1.54) is 12.3 Å². The Kier molecular flexibility index (Phi) is 6.66. The molecule has 0 saturated heterocycles. The third kappa shape index (κ3) is 4.67. The minimum atomic E-state index is -0.668. The number of esters is 1. The normalized spacial score (nSPS) is 9.75. The van der Waals surface area contributed by atoms with Crippen LogP contribution in [0.1, 0.15) is 30.0 Å². The highest BCUT2D eigenvalue weighted by molar-refractivity contribution is 5.91. The van der Waals surface area contributed by atoms with Crippen molar-refractivity contribution in [3.8, 4) is 23.0 Å². The van der Waals surface area contributed by atoms with Crippen molar-refractivity contribution in [3.63, 3.8) is 0 Å². The van der Waals surface area contributed by atoms with E-state index in [0.29, 0.717) is 12.2 Å². The van der Waals surface area contributed by atoms with Crippen LogP contribution in [0.3, 0.4) is 0 Å². The summed E-state index contributed by atoms with van der Waals surface area (Å²) >= 11 is 0. The number of phenolic OH excluding ortho intramolecular Hbond substituents is 3. The van der Waals surface area contributed by atoms with E-state index < -0.39 is 23.2 Å². The van der Waals surface area contributed by atoms with Crippen molar-refractivity contribution in [2.75, 3.05) is 6.61 Å². The summed E-state index contributed by atoms with van der Waals surface area (Å²) in [6.45, 7) is 3.64. The number of carbonyl (C=O) groups excluding carboxylic acids is 1. The maximum Gasteiger partial charge on any atom is 0.338 e. The van der Waals surface area contributed by atoms with Gasteiger partial charge in [-0.05, 0) is 19.1 Å². The summed E-state index contributed by atoms with van der Waals surface area (Å²) in [5, 5.41) is 36.1. The Morgan fingerprint density at radius 2 is 1.67 bits per heavy atom. The molecule has 2 rings (SSSR count). The largest absolute Gasteiger partial charge is 0.504 e. The lowest BCUT2D eigenvalue weighted by molar-refractivity contribution is 0.0525. The standard InChI is InChI=1S/C9H10O5.C7H8O3/c1-2-14-9(13)5-3-6(10)8(12)7(11)4-5;1-2-6-7(9)5(8)3-4-10-6/h3-4,10-12H,2H2,1H3;3-4,9H,2H2,1H3. The van der Waals surface area contributed by atoms with Crippen molar-refractivity contribution in [1.82, 2.24) is 0 Å². The van der Waals surface area contributed by atoms with E-state index in [1.54, 1.807) is 13.8 Å². The second-order valence-electron chi connectivity index (χ2n) is 4.49. The van der Waals surface area contributed by atoms with Crippen LogP contribution in [0.4, 0.5) is 0 Å². The van der Waals surface area contributed by atoms with Gasteiger partial charge in [0.25, 0.3) is 0 Å². The van der Waals surface area contributed by atoms with E-state index in [-0.39, 0.29) is 23.3 Å². The molecule has 1 aromatic heterocycles. The van der Waals surface area contributed by atoms with E-state index in [2.05, 4.69) is 4.74 Å². The number of aryl methyl sites for hydroxylation is 1. The Morgan fingerprint density at radius 1 is 1.08 bits per heavy atom. The second kappa shape index (κ2) is 8.47. The predicted octanol–water partition coefficient (Wildman–Crippen LogP) is 1.89. The van der Waals surface area contributed by atoms with Gasteiger partial charge in [0, 0.05) is 12.5 Å². The molecule has 0 atom stereocenters. The van der Waals surface area contributed by atoms with Crippen molar-refractivity contribution in [3.05, 3.63) is 46.0 Å². The topological polar surface area (TPSA) is 137 Å². The first-order chi connectivity index (χ1) is 11.3. The Morgan fingerprint density at radius 3 is 2.12 bits per heavy atom. The Balaban J connectivity index is 0.000000254. The van der Waals surface area contributed by atoms with Crippen LogP contribution < -0.4 is 5.43 Å². The third-order valence-electron chi connectivity index (χ3n) is 2.83. The zero-order chi connectivity index (χ0) is 18.3. The van der Waals surface area contributed by atoms with Gasteiger partial charge >= 0.3 is 5.97 Å². The number of benzene rings is 1. The smallest absolute Gasteiger partial charge is 0.338 e. The fourth-order valence-corrected chi connectivity index (χ4v) is 1.64. The number of hydrogen-bond acceptors (Lipinski definition) is 8. The van der Waals surface area contributed by atoms with Crippen LogP contribution in [0.5, 0.6) is 23.0 Å². The number of rotatable bonds is 3. The molecule has 1 heterocycles. The third-order valence-corrected chi connectivity index (χ3v) is 2.83. The molecular formula is C16H18O8. The average Bonchev–Trinajstić information content (AvgIpc) is 2.55. The molecule has 4 N–H and O–H groups in total. The zero-order valence-corrected chi connectivity index (χ0v) is 13.1. The van der Waals surface area contributed by atoms with Crippen LogP contribution in [0.2, 0.25) is 0 Å². The van der Waals surface area contributed by atoms with Crippen LogP contribution in [0.25, 0.3) is 0 Å². The maximum absolute atomic E-state index is 11.1. The molecule has 8 heteroatoms. The van der Waals surface area contributed by atoms with Gasteiger partial charge < -0.3 is 29.6 Å². The van der Waals surface area contributed by atoms with E-state index in [1.807, 2.05) is 0 Å². The summed E-state index contributed by atoms with van der Waals surface area (Å²) in [7, 11) is 0. The summed E-state index contributed by atoms with van der Waals surface area (Å²) in [4.78, 5) is 21.8. The highest BCUT2D eigenvalue weighted by atomic mass is 16.5. The number of hydrogen-bond donors (Lipinski definition) is 4. The molecule has 0 aliphatic heterocycles. The van der Waals surface area contributed by atoms with Crippen LogP contribution in [0, 0.1) is 0 Å². The van der Waals surface area contributed by atoms with Crippen LogP contribution in [-0.4, -0.2) is 33.0 Å². The Hall–Kier alpha value is -3.16. The molecule has 1 aromatic carbocycles. The summed E-state index contributed by atoms with van der Waals surface area (Å²) in [5.41, 5.74) is -0.400. The molecular weight excluding hydrogens is 320 g/mol. The number of aromatic hydroxyl groups is 4. The molecule has 0 aliphatic carbocycles. The monoisotopic (exact) mass is 338 g/mol. The lowest BCUT2D eigenvalue weighted by Crippen LogP contribution is -2.04. The van der Waals surface area contributed by atoms with Crippen LogP contribution >= 0.6 is 0 Å². The van der Waals surface area contributed by atoms with Gasteiger partial charge in [0.05, 0.1) is 18.4 Å². The molecule has 130 valence electrons. The number of carbonyl (C=O) groups is 1. The predicted molar refractivity (Wildman–Crippen MR) is 83.4 cm³/mol. The van der Waals surface area contributed by atoms with Gasteiger partial charge in [0.1, 0.15) is 5.76 Å². The molecule has 8 nitrogen and oxygen atoms in total. The molecule has 0 aliphatic rings. The Labute approximate surface area is 137 Å². The van der Waals surface area contributed by atoms with Crippen molar-refractivity contribution in [2.45, 2.75) is 20.3 Å². The summed E-state index contributed by atoms with van der Waals surface area (Å²) < 4.78 is 9.47. The first-order valence-corrected chi connectivity index (χ1v) is 7.03. The van der Waals surface area contributed by atoms with Gasteiger partial charge in [-0.15, -0.1) is 0 Å². The SMILES string of the molecule is CCOC(=O)c1cc(O)c(O)c(O)c1.CCc1occc(=O)c1O. The lowest BCUT2D eigenvalue weighted by Gasteiger charge is -2.04. The molecule has 0 unspecified atom stereocenters. The molecule has 0 amide bonds. The quantitative estimate of drug-likeness (QED) is 0.492. The summed E-state index contributed by atoms with van der Waals surface area (Å²) in [6, 6.07) is 3.23. The molecule has 0 radical (unpaired) electrons. The average molecular weight is 338 g/mol. The molecule has 2 aromatic rings. The summed E-state index contributed by atoms with van der Waals surface area (Å²) in [5.74, 6) is -2.38. The minimum absolute atomic E-state index is 0.0142. The molecule has 0 spiro atoms. The molecule has 0 saturated carbocycles. The van der Waals surface area contributed by atoms with Crippen molar-refractivity contribution >= 4 is 5.97 Å². The van der Waals surface area contributed by atoms with Crippen molar-refractivity contribution < 1.29 is 34.4 Å². The number of phenols is 3. The summed E-state index contributed by atoms with van der Waals surface area (Å²) in [6.07, 6.45) is 1.81. The molecule has 24 heavy (non-hydrogen) atoms. The van der Waals surface area contributed by atoms with Gasteiger partial charge in [-0.2, -0.15) is 0 Å². The van der Waals surface area contributed by atoms with Gasteiger partial charge in [-0.3, -0.25) is 4.79 Å². The molecule has 0 fully saturated rings. The highest BCUT2D eigenvalue weighted by Gasteiger charge is 2.13. The minimum Gasteiger partial charge on any atom is -0.504 e. The zero-order valence-electron chi connectivity index (χ0n) is 13.1. The van der Waals surface area contributed by atoms with E-state index >= 15 is 0 Å². The van der Waals surface area contributed by atoms with Gasteiger partial charge in [-0.25, -0.2) is 4.79 Å². The van der Waals surface area contributed by atoms with E-state index in [9.17, 15) is 9.59 Å². The van der Waals surface area contributed by atoms with Crippen molar-refractivity contribution in [1.29, 1.82) is 0 Å². The maximum atomic E-state index is 11.1. The van der Waals surface area contributed by atoms with Crippen LogP contribution in [0.15, 0.2) is 33.7 Å². The fourth-order valence-electron chi connectivity index (χ4n) is 1.64. The van der Waals surface area contributed by atoms with Crippen molar-refractivity contribution in [2.24, 2.45) is 0 Å². The lowest BCUT2D eigenvalue weighted by atomic mass is 10.2. The first-order valence-electron chi connectivity index (χ1n) is 7.03. The fraction of sp³-hybridized carbons (Fsp3) is 0.250. The van der Waals surface area contributed by atoms with E-state index in [4.69, 9.17) is 24.8 Å². The number of ether oxygens (including phenoxy) is 1.